The third kappa shape index (κ3) is 3.90. The minimum atomic E-state index is -0.379. The molecule has 0 spiro atoms. The average molecular weight is 287 g/mol. The van der Waals surface area contributed by atoms with Crippen LogP contribution in [0.5, 0.6) is 0 Å². The van der Waals surface area contributed by atoms with E-state index in [1.54, 1.807) is 12.1 Å². The van der Waals surface area contributed by atoms with Gasteiger partial charge in [-0.3, -0.25) is 10.1 Å². The van der Waals surface area contributed by atoms with Crippen LogP contribution in [0.25, 0.3) is 0 Å². The van der Waals surface area contributed by atoms with Gasteiger partial charge in [0.2, 0.25) is 0 Å². The molecule has 16 heavy (non-hydrogen) atoms. The Morgan fingerprint density at radius 2 is 2.19 bits per heavy atom. The number of hydrogen-bond donors (Lipinski definition) is 1. The van der Waals surface area contributed by atoms with Crippen LogP contribution in [0.1, 0.15) is 19.4 Å². The fourth-order valence-electron chi connectivity index (χ4n) is 1.31. The topological polar surface area (TPSA) is 55.2 Å². The third-order valence-corrected chi connectivity index (χ3v) is 2.76. The molecule has 88 valence electrons. The number of nitrogens with one attached hydrogen (secondary N) is 1. The smallest absolute Gasteiger partial charge is 0.283 e. The van der Waals surface area contributed by atoms with Crippen molar-refractivity contribution in [2.75, 3.05) is 6.54 Å². The van der Waals surface area contributed by atoms with E-state index in [-0.39, 0.29) is 10.6 Å². The first kappa shape index (κ1) is 13.1. The van der Waals surface area contributed by atoms with Gasteiger partial charge in [0.05, 0.1) is 9.40 Å². The van der Waals surface area contributed by atoms with Gasteiger partial charge in [0, 0.05) is 12.6 Å². The Labute approximate surface area is 103 Å². The van der Waals surface area contributed by atoms with E-state index in [1.807, 2.05) is 6.07 Å². The van der Waals surface area contributed by atoms with Crippen molar-refractivity contribution in [2.45, 2.75) is 20.4 Å². The fraction of sp³-hybridized carbons (Fsp3) is 0.455. The molecule has 0 aromatic heterocycles. The first-order valence-corrected chi connectivity index (χ1v) is 5.93. The van der Waals surface area contributed by atoms with E-state index in [4.69, 9.17) is 0 Å². The summed E-state index contributed by atoms with van der Waals surface area (Å²) in [7, 11) is 0. The van der Waals surface area contributed by atoms with E-state index in [0.717, 1.165) is 12.1 Å². The molecule has 0 saturated carbocycles. The zero-order valence-corrected chi connectivity index (χ0v) is 11.0. The molecule has 1 aromatic carbocycles. The number of nitro benzene ring substituents is 1. The van der Waals surface area contributed by atoms with Crippen LogP contribution in [0.4, 0.5) is 5.69 Å². The molecule has 0 fully saturated rings. The standard InChI is InChI=1S/C11H15BrN2O2/c1-8(2)6-13-7-9-3-4-10(12)11(5-9)14(15)16/h3-5,8,13H,6-7H2,1-2H3. The van der Waals surface area contributed by atoms with E-state index in [1.165, 1.54) is 0 Å². The normalized spacial score (nSPS) is 10.8. The predicted molar refractivity (Wildman–Crippen MR) is 67.3 cm³/mol. The van der Waals surface area contributed by atoms with Crippen LogP contribution in [0.2, 0.25) is 0 Å². The van der Waals surface area contributed by atoms with Gasteiger partial charge in [0.25, 0.3) is 5.69 Å². The number of hydrogen-bond acceptors (Lipinski definition) is 3. The quantitative estimate of drug-likeness (QED) is 0.668. The Morgan fingerprint density at radius 3 is 2.75 bits per heavy atom. The zero-order valence-electron chi connectivity index (χ0n) is 9.37. The molecule has 1 N–H and O–H groups in total. The summed E-state index contributed by atoms with van der Waals surface area (Å²) in [5, 5.41) is 14.0. The Kier molecular flexibility index (Phi) is 4.89. The SMILES string of the molecule is CC(C)CNCc1ccc(Br)c([N+](=O)[O-])c1. The van der Waals surface area contributed by atoms with E-state index >= 15 is 0 Å². The summed E-state index contributed by atoms with van der Waals surface area (Å²) < 4.78 is 0.519. The lowest BCUT2D eigenvalue weighted by molar-refractivity contribution is -0.385. The van der Waals surface area contributed by atoms with E-state index in [0.29, 0.717) is 16.9 Å². The lowest BCUT2D eigenvalue weighted by atomic mass is 10.2. The molecule has 0 heterocycles. The van der Waals surface area contributed by atoms with Gasteiger partial charge in [0.15, 0.2) is 0 Å². The molecule has 1 aromatic rings. The summed E-state index contributed by atoms with van der Waals surface area (Å²) in [6.07, 6.45) is 0. The van der Waals surface area contributed by atoms with Crippen LogP contribution in [0, 0.1) is 16.0 Å². The maximum absolute atomic E-state index is 10.7. The summed E-state index contributed by atoms with van der Waals surface area (Å²) >= 11 is 3.16. The van der Waals surface area contributed by atoms with Crippen molar-refractivity contribution in [1.29, 1.82) is 0 Å². The second kappa shape index (κ2) is 5.96. The molecule has 4 nitrogen and oxygen atoms in total. The Balaban J connectivity index is 2.68. The lowest BCUT2D eigenvalue weighted by Crippen LogP contribution is -2.18. The van der Waals surface area contributed by atoms with Crippen LogP contribution in [-0.4, -0.2) is 11.5 Å². The predicted octanol–water partition coefficient (Wildman–Crippen LogP) is 3.10. The maximum atomic E-state index is 10.7. The van der Waals surface area contributed by atoms with Gasteiger partial charge in [-0.15, -0.1) is 0 Å². The van der Waals surface area contributed by atoms with Gasteiger partial charge in [-0.05, 0) is 40.0 Å². The van der Waals surface area contributed by atoms with Gasteiger partial charge < -0.3 is 5.32 Å². The van der Waals surface area contributed by atoms with Crippen LogP contribution in [0.3, 0.4) is 0 Å². The summed E-state index contributed by atoms with van der Waals surface area (Å²) in [6.45, 7) is 5.81. The zero-order chi connectivity index (χ0) is 12.1. The molecule has 0 aliphatic rings. The summed E-state index contributed by atoms with van der Waals surface area (Å²) in [6, 6.07) is 5.19. The molecule has 0 saturated heterocycles. The van der Waals surface area contributed by atoms with Crippen molar-refractivity contribution in [3.05, 3.63) is 38.3 Å². The minimum absolute atomic E-state index is 0.115. The molecule has 0 radical (unpaired) electrons. The monoisotopic (exact) mass is 286 g/mol. The van der Waals surface area contributed by atoms with Crippen molar-refractivity contribution in [2.24, 2.45) is 5.92 Å². The highest BCUT2D eigenvalue weighted by Crippen LogP contribution is 2.25. The molecule has 1 rings (SSSR count). The minimum Gasteiger partial charge on any atom is -0.312 e. The molecule has 0 amide bonds. The average Bonchev–Trinajstić information content (AvgIpc) is 2.19. The van der Waals surface area contributed by atoms with Gasteiger partial charge in [-0.25, -0.2) is 0 Å². The highest BCUT2D eigenvalue weighted by molar-refractivity contribution is 9.10. The van der Waals surface area contributed by atoms with Crippen molar-refractivity contribution in [3.8, 4) is 0 Å². The van der Waals surface area contributed by atoms with Gasteiger partial charge in [0.1, 0.15) is 0 Å². The highest BCUT2D eigenvalue weighted by atomic mass is 79.9. The van der Waals surface area contributed by atoms with E-state index in [9.17, 15) is 10.1 Å². The van der Waals surface area contributed by atoms with Crippen molar-refractivity contribution >= 4 is 21.6 Å². The number of nitrogens with zero attached hydrogens (tertiary/aromatic N) is 1. The first-order chi connectivity index (χ1) is 7.50. The second-order valence-corrected chi connectivity index (χ2v) is 4.92. The fourth-order valence-corrected chi connectivity index (χ4v) is 1.70. The molecule has 0 atom stereocenters. The van der Waals surface area contributed by atoms with Crippen molar-refractivity contribution in [3.63, 3.8) is 0 Å². The Morgan fingerprint density at radius 1 is 1.50 bits per heavy atom. The highest BCUT2D eigenvalue weighted by Gasteiger charge is 2.11. The third-order valence-electron chi connectivity index (χ3n) is 2.09. The largest absolute Gasteiger partial charge is 0.312 e. The van der Waals surface area contributed by atoms with Crippen LogP contribution < -0.4 is 5.32 Å². The van der Waals surface area contributed by atoms with E-state index in [2.05, 4.69) is 35.1 Å². The number of nitro groups is 1. The van der Waals surface area contributed by atoms with Crippen molar-refractivity contribution in [1.82, 2.24) is 5.32 Å². The number of rotatable bonds is 5. The van der Waals surface area contributed by atoms with Crippen LogP contribution >= 0.6 is 15.9 Å². The van der Waals surface area contributed by atoms with Gasteiger partial charge >= 0.3 is 0 Å². The summed E-state index contributed by atoms with van der Waals surface area (Å²) in [4.78, 5) is 10.3. The summed E-state index contributed by atoms with van der Waals surface area (Å²) in [5.74, 6) is 0.574. The molecule has 0 unspecified atom stereocenters. The maximum Gasteiger partial charge on any atom is 0.283 e. The number of benzene rings is 1. The van der Waals surface area contributed by atoms with Crippen molar-refractivity contribution < 1.29 is 4.92 Å². The Bertz CT molecular complexity index is 380. The van der Waals surface area contributed by atoms with Crippen LogP contribution in [-0.2, 0) is 6.54 Å². The van der Waals surface area contributed by atoms with Gasteiger partial charge in [-0.2, -0.15) is 0 Å². The summed E-state index contributed by atoms with van der Waals surface area (Å²) in [5.41, 5.74) is 1.04. The van der Waals surface area contributed by atoms with Gasteiger partial charge in [-0.1, -0.05) is 19.9 Å². The molecule has 0 aliphatic heterocycles. The molecule has 0 aliphatic carbocycles. The van der Waals surface area contributed by atoms with E-state index < -0.39 is 0 Å². The molecule has 5 heteroatoms. The lowest BCUT2D eigenvalue weighted by Gasteiger charge is -2.07. The molecule has 0 bridgehead atoms. The second-order valence-electron chi connectivity index (χ2n) is 4.07. The Hall–Kier alpha value is -0.940. The molecular weight excluding hydrogens is 272 g/mol. The van der Waals surface area contributed by atoms with Crippen LogP contribution in [0.15, 0.2) is 22.7 Å². The number of halogens is 1. The molecular formula is C11H15BrN2O2. The first-order valence-electron chi connectivity index (χ1n) is 5.14.